The van der Waals surface area contributed by atoms with Gasteiger partial charge in [-0.05, 0) is 125 Å². The highest BCUT2D eigenvalue weighted by Gasteiger charge is 2.28. The van der Waals surface area contributed by atoms with Crippen LogP contribution in [0.15, 0.2) is 154 Å². The predicted octanol–water partition coefficient (Wildman–Crippen LogP) is 14.2. The Hall–Kier alpha value is -6.52. The molecule has 4 heteroatoms. The van der Waals surface area contributed by atoms with Gasteiger partial charge in [-0.15, -0.1) is 0 Å². The van der Waals surface area contributed by atoms with Crippen LogP contribution < -0.4 is 9.80 Å². The first-order valence-electron chi connectivity index (χ1n) is 17.8. The topological polar surface area (TPSA) is 32.8 Å². The van der Waals surface area contributed by atoms with Gasteiger partial charge in [0.25, 0.3) is 0 Å². The van der Waals surface area contributed by atoms with E-state index < -0.39 is 0 Å². The third kappa shape index (κ3) is 4.68. The van der Waals surface area contributed by atoms with Crippen molar-refractivity contribution in [2.45, 2.75) is 27.7 Å². The number of anilines is 6. The molecule has 0 fully saturated rings. The Balaban J connectivity index is 1.24. The van der Waals surface area contributed by atoms with Crippen molar-refractivity contribution in [2.75, 3.05) is 9.80 Å². The van der Waals surface area contributed by atoms with E-state index in [0.717, 1.165) is 89.1 Å². The summed E-state index contributed by atoms with van der Waals surface area (Å²) in [7, 11) is 0. The fourth-order valence-corrected chi connectivity index (χ4v) is 7.85. The molecule has 8 aromatic rings. The molecule has 0 radical (unpaired) electrons. The molecule has 4 nitrogen and oxygen atoms in total. The summed E-state index contributed by atoms with van der Waals surface area (Å²) < 4.78 is 13.7. The number of aryl methyl sites for hydroxylation is 4. The molecule has 2 aliphatic heterocycles. The molecule has 2 aliphatic rings. The van der Waals surface area contributed by atoms with Crippen LogP contribution in [0.4, 0.5) is 34.1 Å². The zero-order valence-electron chi connectivity index (χ0n) is 29.6. The quantitative estimate of drug-likeness (QED) is 0.130. The molecule has 0 aromatic heterocycles. The minimum atomic E-state index is 0.833. The van der Waals surface area contributed by atoms with Crippen molar-refractivity contribution in [1.29, 1.82) is 0 Å². The van der Waals surface area contributed by atoms with Crippen molar-refractivity contribution in [1.82, 2.24) is 0 Å². The Morgan fingerprint density at radius 2 is 0.596 bits per heavy atom. The number of hydrogen-bond acceptors (Lipinski definition) is 4. The molecular formula is C48H36N2O2. The summed E-state index contributed by atoms with van der Waals surface area (Å²) >= 11 is 0. The van der Waals surface area contributed by atoms with E-state index in [1.165, 1.54) is 22.3 Å². The second kappa shape index (κ2) is 11.5. The first-order chi connectivity index (χ1) is 25.4. The van der Waals surface area contributed by atoms with Crippen LogP contribution in [-0.2, 0) is 0 Å². The summed E-state index contributed by atoms with van der Waals surface area (Å²) in [6, 6.07) is 52.2. The number of benzene rings is 8. The van der Waals surface area contributed by atoms with Crippen LogP contribution in [0.2, 0.25) is 0 Å². The van der Waals surface area contributed by atoms with Crippen molar-refractivity contribution in [3.05, 3.63) is 168 Å². The maximum absolute atomic E-state index is 6.83. The monoisotopic (exact) mass is 672 g/mol. The van der Waals surface area contributed by atoms with E-state index >= 15 is 0 Å². The lowest BCUT2D eigenvalue weighted by Gasteiger charge is -2.29. The van der Waals surface area contributed by atoms with Crippen molar-refractivity contribution in [3.8, 4) is 11.1 Å². The lowest BCUT2D eigenvalue weighted by Crippen LogP contribution is -2.11. The third-order valence-electron chi connectivity index (χ3n) is 10.5. The van der Waals surface area contributed by atoms with Crippen LogP contribution in [0, 0.1) is 27.7 Å². The Kier molecular flexibility index (Phi) is 6.71. The van der Waals surface area contributed by atoms with Gasteiger partial charge in [0.2, 0.25) is 0 Å². The van der Waals surface area contributed by atoms with Crippen molar-refractivity contribution in [2.24, 2.45) is 0 Å². The van der Waals surface area contributed by atoms with Gasteiger partial charge in [-0.1, -0.05) is 70.8 Å². The van der Waals surface area contributed by atoms with Crippen molar-refractivity contribution >= 4 is 78.0 Å². The molecular weight excluding hydrogens is 637 g/mol. The van der Waals surface area contributed by atoms with Gasteiger partial charge in [-0.25, -0.2) is 0 Å². The zero-order valence-corrected chi connectivity index (χ0v) is 29.6. The zero-order chi connectivity index (χ0) is 35.1. The molecule has 250 valence electrons. The summed E-state index contributed by atoms with van der Waals surface area (Å²) in [5, 5.41) is 4.32. The molecule has 8 aromatic carbocycles. The van der Waals surface area contributed by atoms with Gasteiger partial charge in [0, 0.05) is 55.4 Å². The minimum Gasteiger partial charge on any atom is -0.456 e. The van der Waals surface area contributed by atoms with Crippen LogP contribution >= 0.6 is 0 Å². The fraction of sp³-hybridized carbons (Fsp3) is 0.0833. The molecule has 0 atom stereocenters. The molecule has 0 aliphatic carbocycles. The van der Waals surface area contributed by atoms with Crippen LogP contribution in [-0.4, -0.2) is 0 Å². The highest BCUT2D eigenvalue weighted by molar-refractivity contribution is 6.26. The summed E-state index contributed by atoms with van der Waals surface area (Å²) in [6.07, 6.45) is 0. The summed E-state index contributed by atoms with van der Waals surface area (Å²) in [4.78, 5) is 4.69. The SMILES string of the molecule is Cc1ccc(N(c2ccc(C)cc2)c2ccc3oc4ccc5c(N(c6ccc(C)cc6)c6ccc(C)cc6)ccc6oc7ccc2c3c7-c4c65)cc1. The van der Waals surface area contributed by atoms with E-state index in [1.54, 1.807) is 0 Å². The van der Waals surface area contributed by atoms with E-state index in [4.69, 9.17) is 8.83 Å². The predicted molar refractivity (Wildman–Crippen MR) is 217 cm³/mol. The van der Waals surface area contributed by atoms with Crippen LogP contribution in [0.5, 0.6) is 0 Å². The average molecular weight is 673 g/mol. The van der Waals surface area contributed by atoms with Gasteiger partial charge in [-0.2, -0.15) is 0 Å². The molecule has 0 amide bonds. The number of rotatable bonds is 6. The van der Waals surface area contributed by atoms with E-state index in [2.05, 4.69) is 183 Å². The summed E-state index contributed by atoms with van der Waals surface area (Å²) in [5.74, 6) is 0. The second-order valence-corrected chi connectivity index (χ2v) is 14.1. The van der Waals surface area contributed by atoms with Crippen LogP contribution in [0.1, 0.15) is 22.3 Å². The molecule has 0 bridgehead atoms. The second-order valence-electron chi connectivity index (χ2n) is 14.1. The van der Waals surface area contributed by atoms with Crippen molar-refractivity contribution in [3.63, 3.8) is 0 Å². The van der Waals surface area contributed by atoms with Gasteiger partial charge in [-0.3, -0.25) is 0 Å². The number of nitrogens with zero attached hydrogens (tertiary/aromatic N) is 2. The lowest BCUT2D eigenvalue weighted by atomic mass is 9.89. The van der Waals surface area contributed by atoms with Gasteiger partial charge in [0.15, 0.2) is 0 Å². The maximum Gasteiger partial charge on any atom is 0.136 e. The molecule has 0 N–H and O–H groups in total. The molecule has 2 heterocycles. The van der Waals surface area contributed by atoms with Gasteiger partial charge >= 0.3 is 0 Å². The van der Waals surface area contributed by atoms with E-state index in [9.17, 15) is 0 Å². The fourth-order valence-electron chi connectivity index (χ4n) is 7.85. The first-order valence-corrected chi connectivity index (χ1v) is 17.8. The largest absolute Gasteiger partial charge is 0.456 e. The summed E-state index contributed by atoms with van der Waals surface area (Å²) in [6.45, 7) is 8.51. The van der Waals surface area contributed by atoms with E-state index in [1.807, 2.05) is 0 Å². The number of hydrogen-bond donors (Lipinski definition) is 0. The lowest BCUT2D eigenvalue weighted by molar-refractivity contribution is 0.646. The van der Waals surface area contributed by atoms with Crippen molar-refractivity contribution < 1.29 is 8.83 Å². The summed E-state index contributed by atoms with van der Waals surface area (Å²) in [5.41, 5.74) is 17.0. The van der Waals surface area contributed by atoms with Crippen LogP contribution in [0.3, 0.4) is 0 Å². The maximum atomic E-state index is 6.83. The third-order valence-corrected chi connectivity index (χ3v) is 10.5. The average Bonchev–Trinajstić information content (AvgIpc) is 3.17. The van der Waals surface area contributed by atoms with Gasteiger partial charge in [0.05, 0.1) is 11.4 Å². The molecule has 52 heavy (non-hydrogen) atoms. The Morgan fingerprint density at radius 3 is 0.904 bits per heavy atom. The Labute approximate surface area is 302 Å². The van der Waals surface area contributed by atoms with Gasteiger partial charge in [0.1, 0.15) is 22.3 Å². The molecule has 0 unspecified atom stereocenters. The normalized spacial score (nSPS) is 11.8. The molecule has 0 saturated heterocycles. The van der Waals surface area contributed by atoms with E-state index in [0.29, 0.717) is 0 Å². The van der Waals surface area contributed by atoms with Crippen LogP contribution in [0.25, 0.3) is 55.0 Å². The molecule has 0 spiro atoms. The minimum absolute atomic E-state index is 0.833. The van der Waals surface area contributed by atoms with Gasteiger partial charge < -0.3 is 18.6 Å². The Bertz CT molecular complexity index is 2570. The standard InChI is InChI=1S/C48H36N2O2/c1-29-5-13-33(14-6-29)49(34-15-7-30(2)8-16-34)39-23-27-41-45-37(39)21-25-43-47(45)48-44(51-41)26-22-38-40(24-28-42(52-43)46(38)48)50(35-17-9-31(3)10-18-35)36-19-11-32(4)12-20-36/h5-28H,1-4H3. The smallest absolute Gasteiger partial charge is 0.136 e. The Morgan fingerprint density at radius 1 is 0.308 bits per heavy atom. The molecule has 10 rings (SSSR count). The first kappa shape index (κ1) is 30.3. The van der Waals surface area contributed by atoms with E-state index in [-0.39, 0.29) is 0 Å². The highest BCUT2D eigenvalue weighted by Crippen LogP contribution is 2.52. The highest BCUT2D eigenvalue weighted by atomic mass is 16.3. The molecule has 0 saturated carbocycles.